The highest BCUT2D eigenvalue weighted by Gasteiger charge is 2.43. The molecule has 0 aliphatic carbocycles. The molecule has 0 saturated carbocycles. The second-order valence-electron chi connectivity index (χ2n) is 6.99. The lowest BCUT2D eigenvalue weighted by molar-refractivity contribution is -0.149. The zero-order valence-corrected chi connectivity index (χ0v) is 16.5. The van der Waals surface area contributed by atoms with E-state index in [1.165, 1.54) is 4.90 Å². The van der Waals surface area contributed by atoms with Gasteiger partial charge in [0.25, 0.3) is 0 Å². The molecule has 0 radical (unpaired) electrons. The van der Waals surface area contributed by atoms with Crippen LogP contribution in [0.4, 0.5) is 0 Å². The van der Waals surface area contributed by atoms with Crippen molar-refractivity contribution in [1.82, 2.24) is 4.90 Å². The van der Waals surface area contributed by atoms with Gasteiger partial charge in [-0.3, -0.25) is 9.59 Å². The van der Waals surface area contributed by atoms with E-state index in [2.05, 4.69) is 0 Å². The molecule has 3 atom stereocenters. The number of carboxylic acids is 1. The number of aliphatic carboxylic acids is 1. The summed E-state index contributed by atoms with van der Waals surface area (Å²) < 4.78 is 0. The molecule has 2 aromatic rings. The summed E-state index contributed by atoms with van der Waals surface area (Å²) in [6.45, 7) is 2.17. The Morgan fingerprint density at radius 1 is 1.07 bits per heavy atom. The molecule has 1 fully saturated rings. The predicted molar refractivity (Wildman–Crippen MR) is 109 cm³/mol. The van der Waals surface area contributed by atoms with Crippen molar-refractivity contribution in [3.63, 3.8) is 0 Å². The summed E-state index contributed by atoms with van der Waals surface area (Å²) in [5.74, 6) is -1.52. The van der Waals surface area contributed by atoms with Gasteiger partial charge in [-0.05, 0) is 12.0 Å². The van der Waals surface area contributed by atoms with E-state index in [0.29, 0.717) is 24.3 Å². The van der Waals surface area contributed by atoms with Crippen LogP contribution < -0.4 is 0 Å². The fourth-order valence-corrected chi connectivity index (χ4v) is 4.45. The lowest BCUT2D eigenvalue weighted by atomic mass is 9.91. The highest BCUT2D eigenvalue weighted by atomic mass is 32.2. The highest BCUT2D eigenvalue weighted by molar-refractivity contribution is 8.14. The summed E-state index contributed by atoms with van der Waals surface area (Å²) in [4.78, 5) is 38.6. The summed E-state index contributed by atoms with van der Waals surface area (Å²) in [5.41, 5.74) is 1.53. The number of hydrogen-bond acceptors (Lipinski definition) is 4. The van der Waals surface area contributed by atoms with E-state index >= 15 is 0 Å². The monoisotopic (exact) mass is 397 g/mol. The minimum atomic E-state index is -0.986. The normalized spacial score (nSPS) is 20.0. The van der Waals surface area contributed by atoms with Crippen molar-refractivity contribution in [2.75, 3.05) is 12.3 Å². The van der Waals surface area contributed by atoms with Crippen LogP contribution >= 0.6 is 11.8 Å². The van der Waals surface area contributed by atoms with Gasteiger partial charge in [-0.25, -0.2) is 4.79 Å². The van der Waals surface area contributed by atoms with Gasteiger partial charge in [-0.1, -0.05) is 79.3 Å². The van der Waals surface area contributed by atoms with Gasteiger partial charge in [0.15, 0.2) is 0 Å². The maximum absolute atomic E-state index is 12.9. The molecular weight excluding hydrogens is 374 g/mol. The molecule has 5 nitrogen and oxygen atoms in total. The molecule has 6 heteroatoms. The van der Waals surface area contributed by atoms with Gasteiger partial charge in [0, 0.05) is 29.7 Å². The van der Waals surface area contributed by atoms with E-state index < -0.39 is 17.9 Å². The first-order chi connectivity index (χ1) is 13.5. The zero-order valence-electron chi connectivity index (χ0n) is 15.7. The zero-order chi connectivity index (χ0) is 20.1. The molecule has 2 aromatic carbocycles. The van der Waals surface area contributed by atoms with Gasteiger partial charge in [0.1, 0.15) is 6.04 Å². The van der Waals surface area contributed by atoms with Gasteiger partial charge in [-0.15, -0.1) is 0 Å². The van der Waals surface area contributed by atoms with Crippen molar-refractivity contribution in [2.24, 2.45) is 5.92 Å². The van der Waals surface area contributed by atoms with Crippen LogP contribution in [0, 0.1) is 5.92 Å². The van der Waals surface area contributed by atoms with Crippen molar-refractivity contribution in [3.05, 3.63) is 71.8 Å². The maximum Gasteiger partial charge on any atom is 0.327 e. The van der Waals surface area contributed by atoms with Crippen LogP contribution in [0.25, 0.3) is 0 Å². The van der Waals surface area contributed by atoms with Crippen molar-refractivity contribution < 1.29 is 19.5 Å². The summed E-state index contributed by atoms with van der Waals surface area (Å²) in [6.07, 6.45) is 0.621. The van der Waals surface area contributed by atoms with E-state index in [9.17, 15) is 19.5 Å². The van der Waals surface area contributed by atoms with Crippen molar-refractivity contribution in [3.8, 4) is 0 Å². The number of amides is 1. The topological polar surface area (TPSA) is 74.7 Å². The molecule has 1 N–H and O–H groups in total. The fourth-order valence-electron chi connectivity index (χ4n) is 3.61. The van der Waals surface area contributed by atoms with E-state index in [0.717, 1.165) is 17.3 Å². The molecule has 1 amide bonds. The van der Waals surface area contributed by atoms with E-state index in [1.54, 1.807) is 31.2 Å². The summed E-state index contributed by atoms with van der Waals surface area (Å²) in [6, 6.07) is 17.5. The molecule has 0 spiro atoms. The van der Waals surface area contributed by atoms with Gasteiger partial charge in [0.05, 0.1) is 0 Å². The second kappa shape index (κ2) is 9.06. The summed E-state index contributed by atoms with van der Waals surface area (Å²) in [5, 5.41) is 9.68. The standard InChI is InChI=1S/C22H23NO4S/c1-15(14-28-22(27)17-10-6-3-7-11-17)20(24)23-13-12-18(19(23)21(25)26)16-8-4-2-5-9-16/h2-11,15,18-19H,12-14H2,1H3,(H,25,26)/t15?,18?,19-/m0/s1. The molecule has 2 unspecified atom stereocenters. The van der Waals surface area contributed by atoms with Gasteiger partial charge >= 0.3 is 5.97 Å². The number of thioether (sulfide) groups is 1. The number of carboxylic acid groups (broad SMARTS) is 1. The molecule has 0 aromatic heterocycles. The van der Waals surface area contributed by atoms with E-state index in [4.69, 9.17) is 0 Å². The lowest BCUT2D eigenvalue weighted by Crippen LogP contribution is -2.45. The van der Waals surface area contributed by atoms with Gasteiger partial charge < -0.3 is 10.0 Å². The number of rotatable bonds is 6. The molecule has 146 valence electrons. The van der Waals surface area contributed by atoms with Crippen LogP contribution in [0.1, 0.15) is 35.2 Å². The number of hydrogen-bond donors (Lipinski definition) is 1. The smallest absolute Gasteiger partial charge is 0.327 e. The number of benzene rings is 2. The minimum absolute atomic E-state index is 0.0846. The largest absolute Gasteiger partial charge is 0.480 e. The Balaban J connectivity index is 1.65. The summed E-state index contributed by atoms with van der Waals surface area (Å²) >= 11 is 1.10. The van der Waals surface area contributed by atoms with E-state index in [1.807, 2.05) is 36.4 Å². The minimum Gasteiger partial charge on any atom is -0.480 e. The van der Waals surface area contributed by atoms with Crippen LogP contribution in [0.2, 0.25) is 0 Å². The van der Waals surface area contributed by atoms with Gasteiger partial charge in [-0.2, -0.15) is 0 Å². The fraction of sp³-hybridized carbons (Fsp3) is 0.318. The number of carbonyl (C=O) groups is 3. The molecule has 0 bridgehead atoms. The van der Waals surface area contributed by atoms with Crippen molar-refractivity contribution in [1.29, 1.82) is 0 Å². The van der Waals surface area contributed by atoms with Gasteiger partial charge in [0.2, 0.25) is 11.0 Å². The third-order valence-corrected chi connectivity index (χ3v) is 6.22. The summed E-state index contributed by atoms with van der Waals surface area (Å²) in [7, 11) is 0. The second-order valence-corrected chi connectivity index (χ2v) is 7.98. The molecule has 1 heterocycles. The van der Waals surface area contributed by atoms with Crippen molar-refractivity contribution >= 4 is 28.8 Å². The average Bonchev–Trinajstić information content (AvgIpc) is 3.18. The Morgan fingerprint density at radius 2 is 1.68 bits per heavy atom. The van der Waals surface area contributed by atoms with Crippen LogP contribution in [-0.4, -0.2) is 45.3 Å². The third-order valence-electron chi connectivity index (χ3n) is 5.06. The predicted octanol–water partition coefficient (Wildman–Crippen LogP) is 3.67. The molecule has 1 aliphatic heterocycles. The van der Waals surface area contributed by atoms with Crippen LogP contribution in [-0.2, 0) is 9.59 Å². The number of nitrogens with zero attached hydrogens (tertiary/aromatic N) is 1. The number of carbonyl (C=O) groups excluding carboxylic acids is 2. The van der Waals surface area contributed by atoms with Crippen molar-refractivity contribution in [2.45, 2.75) is 25.3 Å². The quantitative estimate of drug-likeness (QED) is 0.805. The highest BCUT2D eigenvalue weighted by Crippen LogP contribution is 2.35. The Kier molecular flexibility index (Phi) is 6.52. The Bertz CT molecular complexity index is 840. The molecule has 3 rings (SSSR count). The van der Waals surface area contributed by atoms with Crippen LogP contribution in [0.15, 0.2) is 60.7 Å². The third kappa shape index (κ3) is 4.44. The first-order valence-electron chi connectivity index (χ1n) is 9.29. The Hall–Kier alpha value is -2.60. The first-order valence-corrected chi connectivity index (χ1v) is 10.3. The lowest BCUT2D eigenvalue weighted by Gasteiger charge is -2.27. The number of likely N-dealkylation sites (tertiary alicyclic amines) is 1. The Morgan fingerprint density at radius 3 is 2.29 bits per heavy atom. The maximum atomic E-state index is 12.9. The molecule has 1 saturated heterocycles. The first kappa shape index (κ1) is 20.1. The molecular formula is C22H23NO4S. The Labute approximate surface area is 168 Å². The van der Waals surface area contributed by atoms with Crippen LogP contribution in [0.3, 0.4) is 0 Å². The van der Waals surface area contributed by atoms with E-state index in [-0.39, 0.29) is 16.9 Å². The van der Waals surface area contributed by atoms with Crippen LogP contribution in [0.5, 0.6) is 0 Å². The molecule has 1 aliphatic rings. The SMILES string of the molecule is CC(CSC(=O)c1ccccc1)C(=O)N1CCC(c2ccccc2)[C@H]1C(=O)O. The molecule has 28 heavy (non-hydrogen) atoms. The average molecular weight is 397 g/mol.